The fourth-order valence-corrected chi connectivity index (χ4v) is 3.89. The van der Waals surface area contributed by atoms with Gasteiger partial charge in [0.25, 0.3) is 0 Å². The zero-order chi connectivity index (χ0) is 21.8. The van der Waals surface area contributed by atoms with Gasteiger partial charge in [0.15, 0.2) is 23.0 Å². The summed E-state index contributed by atoms with van der Waals surface area (Å²) in [7, 11) is 1.37. The molecular weight excluding hydrogens is 408 g/mol. The quantitative estimate of drug-likeness (QED) is 0.633. The van der Waals surface area contributed by atoms with Crippen molar-refractivity contribution in [1.82, 2.24) is 4.90 Å². The van der Waals surface area contributed by atoms with E-state index in [1.165, 1.54) is 19.3 Å². The first kappa shape index (κ1) is 21.0. The molecule has 0 aromatic heterocycles. The van der Waals surface area contributed by atoms with Gasteiger partial charge in [-0.25, -0.2) is 0 Å². The number of nitrogens with zero attached hydrogens (tertiary/aromatic N) is 1. The van der Waals surface area contributed by atoms with Gasteiger partial charge in [-0.2, -0.15) is 8.78 Å². The Kier molecular flexibility index (Phi) is 6.25. The summed E-state index contributed by atoms with van der Waals surface area (Å²) in [6.45, 7) is -1.24. The number of benzene rings is 2. The average molecular weight is 431 g/mol. The fourth-order valence-electron chi connectivity index (χ4n) is 3.89. The number of hydrogen-bond acceptors (Lipinski definition) is 5. The lowest BCUT2D eigenvalue weighted by atomic mass is 10.0. The molecule has 2 aliphatic heterocycles. The molecule has 0 bridgehead atoms. The van der Waals surface area contributed by atoms with E-state index < -0.39 is 6.61 Å². The van der Waals surface area contributed by atoms with Crippen molar-refractivity contribution < 1.29 is 32.5 Å². The third-order valence-corrected chi connectivity index (χ3v) is 5.31. The second kappa shape index (κ2) is 9.24. The molecule has 1 saturated heterocycles. The first-order valence-corrected chi connectivity index (χ1v) is 10.1. The third-order valence-electron chi connectivity index (χ3n) is 5.31. The van der Waals surface area contributed by atoms with E-state index in [0.717, 1.165) is 24.2 Å². The molecule has 0 N–H and O–H groups in total. The Morgan fingerprint density at radius 1 is 1.13 bits per heavy atom. The summed E-state index contributed by atoms with van der Waals surface area (Å²) in [5, 5.41) is 0. The molecule has 0 saturated carbocycles. The SMILES string of the molecule is COc1cc(/C=C/C(=O)N2CCC[C@H]2c2ccc3c(c2)OCCO3)ccc1OC(F)F. The van der Waals surface area contributed by atoms with E-state index in [9.17, 15) is 13.6 Å². The molecule has 0 spiro atoms. The first-order chi connectivity index (χ1) is 15.0. The van der Waals surface area contributed by atoms with Gasteiger partial charge in [-0.15, -0.1) is 0 Å². The van der Waals surface area contributed by atoms with Gasteiger partial charge in [0.05, 0.1) is 13.2 Å². The molecule has 1 amide bonds. The van der Waals surface area contributed by atoms with Crippen molar-refractivity contribution in [2.24, 2.45) is 0 Å². The topological polar surface area (TPSA) is 57.2 Å². The Bertz CT molecular complexity index is 978. The van der Waals surface area contributed by atoms with E-state index in [0.29, 0.717) is 31.1 Å². The number of alkyl halides is 2. The standard InChI is InChI=1S/C23H23F2NO5/c1-28-20-13-15(4-7-19(20)31-23(24)25)5-9-22(27)26-10-2-3-17(26)16-6-8-18-21(14-16)30-12-11-29-18/h4-9,13-14,17,23H,2-3,10-12H2,1H3/b9-5+/t17-/m0/s1. The molecular formula is C23H23F2NO5. The Morgan fingerprint density at radius 3 is 2.71 bits per heavy atom. The number of likely N-dealkylation sites (tertiary alicyclic amines) is 1. The van der Waals surface area contributed by atoms with E-state index >= 15 is 0 Å². The van der Waals surface area contributed by atoms with Crippen molar-refractivity contribution in [3.8, 4) is 23.0 Å². The summed E-state index contributed by atoms with van der Waals surface area (Å²) in [5.41, 5.74) is 1.65. The molecule has 1 fully saturated rings. The molecule has 0 radical (unpaired) electrons. The highest BCUT2D eigenvalue weighted by Gasteiger charge is 2.29. The minimum Gasteiger partial charge on any atom is -0.493 e. The number of carbonyl (C=O) groups is 1. The molecule has 1 atom stereocenters. The lowest BCUT2D eigenvalue weighted by molar-refractivity contribution is -0.126. The second-order valence-corrected chi connectivity index (χ2v) is 7.21. The Balaban J connectivity index is 1.48. The lowest BCUT2D eigenvalue weighted by Gasteiger charge is -2.26. The van der Waals surface area contributed by atoms with E-state index in [4.69, 9.17) is 14.2 Å². The van der Waals surface area contributed by atoms with Crippen LogP contribution in [-0.4, -0.2) is 44.3 Å². The lowest BCUT2D eigenvalue weighted by Crippen LogP contribution is -2.29. The number of hydrogen-bond donors (Lipinski definition) is 0. The Morgan fingerprint density at radius 2 is 1.94 bits per heavy atom. The number of carbonyl (C=O) groups excluding carboxylic acids is 1. The maximum atomic E-state index is 12.9. The second-order valence-electron chi connectivity index (χ2n) is 7.21. The molecule has 31 heavy (non-hydrogen) atoms. The zero-order valence-corrected chi connectivity index (χ0v) is 17.1. The van der Waals surface area contributed by atoms with Gasteiger partial charge >= 0.3 is 6.61 Å². The van der Waals surface area contributed by atoms with Gasteiger partial charge in [0.2, 0.25) is 5.91 Å². The van der Waals surface area contributed by atoms with Crippen LogP contribution in [0.4, 0.5) is 8.78 Å². The van der Waals surface area contributed by atoms with Gasteiger partial charge in [0.1, 0.15) is 13.2 Å². The summed E-state index contributed by atoms with van der Waals surface area (Å²) in [4.78, 5) is 14.7. The maximum Gasteiger partial charge on any atom is 0.387 e. The van der Waals surface area contributed by atoms with Crippen LogP contribution in [0.5, 0.6) is 23.0 Å². The normalized spacial score (nSPS) is 17.9. The van der Waals surface area contributed by atoms with Crippen LogP contribution < -0.4 is 18.9 Å². The van der Waals surface area contributed by atoms with E-state index in [1.807, 2.05) is 23.1 Å². The van der Waals surface area contributed by atoms with Crippen LogP contribution >= 0.6 is 0 Å². The van der Waals surface area contributed by atoms with Crippen LogP contribution in [0.15, 0.2) is 42.5 Å². The fraction of sp³-hybridized carbons (Fsp3) is 0.348. The van der Waals surface area contributed by atoms with Crippen molar-refractivity contribution in [2.75, 3.05) is 26.9 Å². The molecule has 6 nitrogen and oxygen atoms in total. The van der Waals surface area contributed by atoms with Crippen molar-refractivity contribution in [2.45, 2.75) is 25.5 Å². The highest BCUT2D eigenvalue weighted by Crippen LogP contribution is 2.38. The number of fused-ring (bicyclic) bond motifs is 1. The molecule has 0 aliphatic carbocycles. The first-order valence-electron chi connectivity index (χ1n) is 10.1. The molecule has 8 heteroatoms. The number of amides is 1. The maximum absolute atomic E-state index is 12.9. The minimum atomic E-state index is -2.94. The monoisotopic (exact) mass is 431 g/mol. The highest BCUT2D eigenvalue weighted by molar-refractivity contribution is 5.92. The predicted octanol–water partition coefficient (Wildman–Crippen LogP) is 4.44. The van der Waals surface area contributed by atoms with Crippen molar-refractivity contribution in [3.05, 3.63) is 53.6 Å². The zero-order valence-electron chi connectivity index (χ0n) is 17.1. The van der Waals surface area contributed by atoms with Crippen molar-refractivity contribution in [1.29, 1.82) is 0 Å². The highest BCUT2D eigenvalue weighted by atomic mass is 19.3. The molecule has 4 rings (SSSR count). The van der Waals surface area contributed by atoms with Crippen LogP contribution in [0.1, 0.15) is 30.0 Å². The van der Waals surface area contributed by atoms with Crippen LogP contribution in [-0.2, 0) is 4.79 Å². The van der Waals surface area contributed by atoms with Crippen molar-refractivity contribution in [3.63, 3.8) is 0 Å². The van der Waals surface area contributed by atoms with Gasteiger partial charge in [-0.05, 0) is 54.3 Å². The van der Waals surface area contributed by atoms with Gasteiger partial charge in [0, 0.05) is 12.6 Å². The largest absolute Gasteiger partial charge is 0.493 e. The number of halogens is 2. The Hall–Kier alpha value is -3.29. The van der Waals surface area contributed by atoms with Crippen LogP contribution in [0, 0.1) is 0 Å². The molecule has 2 aromatic carbocycles. The van der Waals surface area contributed by atoms with Crippen LogP contribution in [0.2, 0.25) is 0 Å². The average Bonchev–Trinajstić information content (AvgIpc) is 3.27. The third kappa shape index (κ3) is 4.73. The molecule has 2 aromatic rings. The van der Waals surface area contributed by atoms with E-state index in [1.54, 1.807) is 18.2 Å². The summed E-state index contributed by atoms with van der Waals surface area (Å²) in [5.74, 6) is 1.42. The molecule has 164 valence electrons. The van der Waals surface area contributed by atoms with Gasteiger partial charge in [-0.1, -0.05) is 12.1 Å². The smallest absolute Gasteiger partial charge is 0.387 e. The molecule has 2 heterocycles. The summed E-state index contributed by atoms with van der Waals surface area (Å²) < 4.78 is 45.7. The van der Waals surface area contributed by atoms with Crippen LogP contribution in [0.3, 0.4) is 0 Å². The van der Waals surface area contributed by atoms with Gasteiger partial charge < -0.3 is 23.8 Å². The minimum absolute atomic E-state index is 0.0377. The number of methoxy groups -OCH3 is 1. The number of rotatable bonds is 6. The van der Waals surface area contributed by atoms with Crippen molar-refractivity contribution >= 4 is 12.0 Å². The Labute approximate surface area is 179 Å². The number of ether oxygens (including phenoxy) is 4. The van der Waals surface area contributed by atoms with Crippen LogP contribution in [0.25, 0.3) is 6.08 Å². The predicted molar refractivity (Wildman–Crippen MR) is 110 cm³/mol. The summed E-state index contributed by atoms with van der Waals surface area (Å²) >= 11 is 0. The molecule has 0 unspecified atom stereocenters. The van der Waals surface area contributed by atoms with E-state index in [-0.39, 0.29) is 23.4 Å². The van der Waals surface area contributed by atoms with E-state index in [2.05, 4.69) is 4.74 Å². The summed E-state index contributed by atoms with van der Waals surface area (Å²) in [6.07, 6.45) is 4.90. The summed E-state index contributed by atoms with van der Waals surface area (Å²) in [6, 6.07) is 10.3. The van der Waals surface area contributed by atoms with Gasteiger partial charge in [-0.3, -0.25) is 4.79 Å². The molecule has 2 aliphatic rings.